The Kier molecular flexibility index (Phi) is 5.21. The summed E-state index contributed by atoms with van der Waals surface area (Å²) in [4.78, 5) is 0. The number of ether oxygens (including phenoxy) is 1. The third-order valence-corrected chi connectivity index (χ3v) is 5.65. The van der Waals surface area contributed by atoms with Crippen molar-refractivity contribution in [3.8, 4) is 5.75 Å². The van der Waals surface area contributed by atoms with E-state index in [2.05, 4.69) is 10.8 Å². The highest BCUT2D eigenvalue weighted by atomic mass is 32.2. The van der Waals surface area contributed by atoms with Crippen LogP contribution in [-0.2, 0) is 28.6 Å². The molecule has 0 unspecified atom stereocenters. The van der Waals surface area contributed by atoms with Crippen LogP contribution in [0.25, 0.3) is 0 Å². The Morgan fingerprint density at radius 3 is 2.83 bits per heavy atom. The fraction of sp³-hybridized carbons (Fsp3) is 0.368. The van der Waals surface area contributed by atoms with E-state index < -0.39 is 10.0 Å². The van der Waals surface area contributed by atoms with Gasteiger partial charge in [-0.1, -0.05) is 36.4 Å². The molecule has 5 heteroatoms. The average Bonchev–Trinajstić information content (AvgIpc) is 2.56. The summed E-state index contributed by atoms with van der Waals surface area (Å²) in [7, 11) is -3.32. The SMILES string of the molecule is Cc1ccccc1CS(=O)(=O)NCCc1ccc2c(c1)CCCO2. The minimum absolute atomic E-state index is 0.0255. The van der Waals surface area contributed by atoms with Gasteiger partial charge in [0.25, 0.3) is 0 Å². The Morgan fingerprint density at radius 2 is 2.00 bits per heavy atom. The summed E-state index contributed by atoms with van der Waals surface area (Å²) >= 11 is 0. The molecule has 1 N–H and O–H groups in total. The van der Waals surface area contributed by atoms with E-state index in [0.29, 0.717) is 13.0 Å². The third-order valence-electron chi connectivity index (χ3n) is 4.32. The molecule has 128 valence electrons. The monoisotopic (exact) mass is 345 g/mol. The van der Waals surface area contributed by atoms with E-state index in [1.807, 2.05) is 43.3 Å². The summed E-state index contributed by atoms with van der Waals surface area (Å²) in [5.41, 5.74) is 4.20. The summed E-state index contributed by atoms with van der Waals surface area (Å²) in [6.07, 6.45) is 2.75. The van der Waals surface area contributed by atoms with Crippen molar-refractivity contribution in [2.45, 2.75) is 31.9 Å². The molecule has 0 saturated heterocycles. The second-order valence-electron chi connectivity index (χ2n) is 6.22. The van der Waals surface area contributed by atoms with Crippen LogP contribution in [0.4, 0.5) is 0 Å². The van der Waals surface area contributed by atoms with Gasteiger partial charge in [0.1, 0.15) is 5.75 Å². The maximum Gasteiger partial charge on any atom is 0.215 e. The van der Waals surface area contributed by atoms with Crippen LogP contribution in [0.5, 0.6) is 5.75 Å². The van der Waals surface area contributed by atoms with Gasteiger partial charge in [-0.25, -0.2) is 13.1 Å². The molecule has 3 rings (SSSR count). The predicted molar refractivity (Wildman–Crippen MR) is 95.8 cm³/mol. The molecule has 1 aliphatic rings. The summed E-state index contributed by atoms with van der Waals surface area (Å²) in [5.74, 6) is 0.989. The zero-order chi connectivity index (χ0) is 17.0. The zero-order valence-corrected chi connectivity index (χ0v) is 14.7. The highest BCUT2D eigenvalue weighted by Gasteiger charge is 2.13. The van der Waals surface area contributed by atoms with Gasteiger partial charge < -0.3 is 4.74 Å². The summed E-state index contributed by atoms with van der Waals surface area (Å²) in [5, 5.41) is 0. The van der Waals surface area contributed by atoms with Crippen LogP contribution in [0.2, 0.25) is 0 Å². The van der Waals surface area contributed by atoms with Crippen molar-refractivity contribution in [2.24, 2.45) is 0 Å². The molecule has 1 heterocycles. The van der Waals surface area contributed by atoms with E-state index in [1.54, 1.807) is 0 Å². The van der Waals surface area contributed by atoms with Crippen molar-refractivity contribution in [3.05, 3.63) is 64.7 Å². The first-order valence-electron chi connectivity index (χ1n) is 8.30. The Balaban J connectivity index is 1.56. The Hall–Kier alpha value is -1.85. The molecule has 2 aromatic rings. The molecule has 1 aliphatic heterocycles. The van der Waals surface area contributed by atoms with E-state index in [4.69, 9.17) is 4.74 Å². The van der Waals surface area contributed by atoms with Gasteiger partial charge in [0.05, 0.1) is 12.4 Å². The molecule has 0 fully saturated rings. The van der Waals surface area contributed by atoms with E-state index in [-0.39, 0.29) is 5.75 Å². The number of benzene rings is 2. The lowest BCUT2D eigenvalue weighted by Crippen LogP contribution is -2.27. The molecule has 24 heavy (non-hydrogen) atoms. The fourth-order valence-corrected chi connectivity index (χ4v) is 4.20. The standard InChI is InChI=1S/C19H23NO3S/c1-15-5-2-3-6-18(15)14-24(21,22)20-11-10-16-8-9-19-17(13-16)7-4-12-23-19/h2-3,5-6,8-9,13,20H,4,7,10-12,14H2,1H3. The summed E-state index contributed by atoms with van der Waals surface area (Å²) in [6, 6.07) is 13.7. The van der Waals surface area contributed by atoms with Crippen LogP contribution in [0, 0.1) is 6.92 Å². The molecule has 0 amide bonds. The van der Waals surface area contributed by atoms with Crippen LogP contribution >= 0.6 is 0 Å². The number of hydrogen-bond donors (Lipinski definition) is 1. The van der Waals surface area contributed by atoms with Crippen molar-refractivity contribution < 1.29 is 13.2 Å². The second kappa shape index (κ2) is 7.36. The topological polar surface area (TPSA) is 55.4 Å². The molecule has 2 aromatic carbocycles. The Labute approximate surface area is 143 Å². The molecular weight excluding hydrogens is 322 g/mol. The normalized spacial score (nSPS) is 14.0. The number of rotatable bonds is 6. The molecule has 0 bridgehead atoms. The highest BCUT2D eigenvalue weighted by molar-refractivity contribution is 7.88. The molecule has 0 atom stereocenters. The average molecular weight is 345 g/mol. The van der Waals surface area contributed by atoms with Crippen LogP contribution in [0.15, 0.2) is 42.5 Å². The summed E-state index contributed by atoms with van der Waals surface area (Å²) < 4.78 is 32.8. The van der Waals surface area contributed by atoms with Crippen molar-refractivity contribution >= 4 is 10.0 Å². The minimum atomic E-state index is -3.32. The van der Waals surface area contributed by atoms with Crippen LogP contribution in [0.3, 0.4) is 0 Å². The van der Waals surface area contributed by atoms with Crippen LogP contribution in [0.1, 0.15) is 28.7 Å². The number of aryl methyl sites for hydroxylation is 2. The van der Waals surface area contributed by atoms with E-state index >= 15 is 0 Å². The van der Waals surface area contributed by atoms with Gasteiger partial charge >= 0.3 is 0 Å². The second-order valence-corrected chi connectivity index (χ2v) is 8.03. The van der Waals surface area contributed by atoms with E-state index in [0.717, 1.165) is 41.9 Å². The smallest absolute Gasteiger partial charge is 0.215 e. The van der Waals surface area contributed by atoms with Gasteiger partial charge in [0.15, 0.2) is 0 Å². The highest BCUT2D eigenvalue weighted by Crippen LogP contribution is 2.25. The third kappa shape index (κ3) is 4.36. The van der Waals surface area contributed by atoms with Crippen LogP contribution < -0.4 is 9.46 Å². The molecule has 4 nitrogen and oxygen atoms in total. The van der Waals surface area contributed by atoms with E-state index in [1.165, 1.54) is 5.56 Å². The van der Waals surface area contributed by atoms with Gasteiger partial charge in [-0.05, 0) is 54.5 Å². The van der Waals surface area contributed by atoms with Gasteiger partial charge in [-0.2, -0.15) is 0 Å². The first kappa shape index (κ1) is 17.0. The van der Waals surface area contributed by atoms with Gasteiger partial charge in [-0.3, -0.25) is 0 Å². The molecule has 0 spiro atoms. The maximum absolute atomic E-state index is 12.2. The molecule has 0 aliphatic carbocycles. The first-order valence-corrected chi connectivity index (χ1v) is 9.95. The quantitative estimate of drug-likeness (QED) is 0.876. The van der Waals surface area contributed by atoms with Gasteiger partial charge in [-0.15, -0.1) is 0 Å². The van der Waals surface area contributed by atoms with E-state index in [9.17, 15) is 8.42 Å². The molecule has 0 saturated carbocycles. The Bertz CT molecular complexity index is 815. The van der Waals surface area contributed by atoms with Gasteiger partial charge in [0.2, 0.25) is 10.0 Å². The Morgan fingerprint density at radius 1 is 1.17 bits per heavy atom. The molecule has 0 aromatic heterocycles. The maximum atomic E-state index is 12.2. The van der Waals surface area contributed by atoms with Crippen LogP contribution in [-0.4, -0.2) is 21.6 Å². The molecule has 0 radical (unpaired) electrons. The lowest BCUT2D eigenvalue weighted by molar-refractivity contribution is 0.288. The zero-order valence-electron chi connectivity index (χ0n) is 13.9. The largest absolute Gasteiger partial charge is 0.493 e. The predicted octanol–water partition coefficient (Wildman–Crippen LogP) is 2.98. The van der Waals surface area contributed by atoms with Crippen molar-refractivity contribution in [1.29, 1.82) is 0 Å². The lowest BCUT2D eigenvalue weighted by Gasteiger charge is -2.18. The summed E-state index contributed by atoms with van der Waals surface area (Å²) in [6.45, 7) is 3.12. The lowest BCUT2D eigenvalue weighted by atomic mass is 10.0. The molecular formula is C19H23NO3S. The van der Waals surface area contributed by atoms with Crippen molar-refractivity contribution in [2.75, 3.05) is 13.2 Å². The number of fused-ring (bicyclic) bond motifs is 1. The van der Waals surface area contributed by atoms with Crippen molar-refractivity contribution in [1.82, 2.24) is 4.72 Å². The minimum Gasteiger partial charge on any atom is -0.493 e. The van der Waals surface area contributed by atoms with Crippen molar-refractivity contribution in [3.63, 3.8) is 0 Å². The van der Waals surface area contributed by atoms with Gasteiger partial charge in [0, 0.05) is 6.54 Å². The first-order chi connectivity index (χ1) is 11.5. The number of nitrogens with one attached hydrogen (secondary N) is 1. The fourth-order valence-electron chi connectivity index (χ4n) is 2.95. The number of sulfonamides is 1. The number of hydrogen-bond acceptors (Lipinski definition) is 3.